The topological polar surface area (TPSA) is 237 Å². The van der Waals surface area contributed by atoms with Gasteiger partial charge in [-0.05, 0) is 69.1 Å². The average Bonchev–Trinajstić information content (AvgIpc) is 1.04. The van der Waals surface area contributed by atoms with Crippen molar-refractivity contribution in [3.8, 4) is 0 Å². The predicted octanol–water partition coefficient (Wildman–Crippen LogP) is 23.3. The number of hydrogen-bond donors (Lipinski definition) is 3. The molecule has 0 rings (SSSR count). The van der Waals surface area contributed by atoms with Gasteiger partial charge in [0, 0.05) is 25.7 Å². The summed E-state index contributed by atoms with van der Waals surface area (Å²) < 4.78 is 68.6. The molecule has 0 saturated heterocycles. The molecular weight excluding hydrogens is 1290 g/mol. The second-order valence-electron chi connectivity index (χ2n) is 29.5. The van der Waals surface area contributed by atoms with Gasteiger partial charge in [0.25, 0.3) is 0 Å². The Kier molecular flexibility index (Phi) is 68.1. The number of aliphatic hydroxyl groups excluding tert-OH is 1. The summed E-state index contributed by atoms with van der Waals surface area (Å²) in [6.45, 7) is 11.8. The molecule has 19 heteroatoms. The van der Waals surface area contributed by atoms with E-state index in [9.17, 15) is 43.2 Å². The molecule has 17 nitrogen and oxygen atoms in total. The van der Waals surface area contributed by atoms with Gasteiger partial charge >= 0.3 is 39.5 Å². The lowest BCUT2D eigenvalue weighted by molar-refractivity contribution is -0.161. The van der Waals surface area contributed by atoms with Crippen molar-refractivity contribution < 1.29 is 80.2 Å². The second-order valence-corrected chi connectivity index (χ2v) is 32.5. The van der Waals surface area contributed by atoms with Crippen LogP contribution in [-0.4, -0.2) is 96.7 Å². The summed E-state index contributed by atoms with van der Waals surface area (Å²) in [5.41, 5.74) is 0. The Morgan fingerprint density at radius 1 is 0.313 bits per heavy atom. The fourth-order valence-corrected chi connectivity index (χ4v) is 13.3. The van der Waals surface area contributed by atoms with Gasteiger partial charge in [-0.15, -0.1) is 0 Å². The van der Waals surface area contributed by atoms with E-state index in [4.69, 9.17) is 37.0 Å². The van der Waals surface area contributed by atoms with E-state index in [1.165, 1.54) is 180 Å². The van der Waals surface area contributed by atoms with Gasteiger partial charge in [-0.1, -0.05) is 336 Å². The molecule has 0 aliphatic rings. The van der Waals surface area contributed by atoms with Crippen molar-refractivity contribution in [2.75, 3.05) is 39.6 Å². The molecule has 3 N–H and O–H groups in total. The Hall–Kier alpha value is -2.46. The molecule has 584 valence electrons. The van der Waals surface area contributed by atoms with E-state index in [1.807, 2.05) is 0 Å². The number of hydrogen-bond acceptors (Lipinski definition) is 15. The average molecular weight is 1450 g/mol. The highest BCUT2D eigenvalue weighted by atomic mass is 31.2. The Morgan fingerprint density at radius 2 is 0.545 bits per heavy atom. The van der Waals surface area contributed by atoms with Gasteiger partial charge in [0.15, 0.2) is 12.2 Å². The van der Waals surface area contributed by atoms with Crippen molar-refractivity contribution >= 4 is 39.5 Å². The number of allylic oxidation sites excluding steroid dienone is 4. The summed E-state index contributed by atoms with van der Waals surface area (Å²) in [5.74, 6) is 0.133. The van der Waals surface area contributed by atoms with Crippen molar-refractivity contribution in [1.29, 1.82) is 0 Å². The van der Waals surface area contributed by atoms with Crippen molar-refractivity contribution in [2.45, 2.75) is 407 Å². The third-order valence-corrected chi connectivity index (χ3v) is 19.9. The number of aliphatic hydroxyl groups is 1. The standard InChI is InChI=1S/C80H152O17P2/c1-8-9-10-11-12-13-14-15-20-24-27-34-41-49-56-63-80(85)97-76(68-91-78(83)62-55-48-43-36-39-46-53-60-73(6)7)70-95-99(88,89)93-66-74(81)65-92-98(86,87)94-69-75(67-90-77(82)61-54-47-40-33-30-29-32-38-45-52-59-72(4)5)96-79(84)64-57-50-42-35-28-25-22-19-17-16-18-21-23-26-31-37-44-51-58-71(2)3/h13-15,20,71-76,81H,8-12,16-19,21-70H2,1-7H3,(H,86,87)(H,88,89)/b14-13-,20-15-/t74?,75-,76-/m1/s1. The van der Waals surface area contributed by atoms with E-state index in [0.717, 1.165) is 121 Å². The number of carbonyl (C=O) groups is 4. The summed E-state index contributed by atoms with van der Waals surface area (Å²) >= 11 is 0. The van der Waals surface area contributed by atoms with E-state index < -0.39 is 97.5 Å². The van der Waals surface area contributed by atoms with Gasteiger partial charge in [0.2, 0.25) is 0 Å². The van der Waals surface area contributed by atoms with Gasteiger partial charge in [-0.2, -0.15) is 0 Å². The van der Waals surface area contributed by atoms with Crippen molar-refractivity contribution in [3.05, 3.63) is 24.3 Å². The molecule has 0 aliphatic carbocycles. The number of ether oxygens (including phenoxy) is 4. The zero-order chi connectivity index (χ0) is 73.0. The predicted molar refractivity (Wildman–Crippen MR) is 404 cm³/mol. The van der Waals surface area contributed by atoms with Crippen molar-refractivity contribution in [2.24, 2.45) is 17.8 Å². The monoisotopic (exact) mass is 1450 g/mol. The molecular formula is C80H152O17P2. The minimum absolute atomic E-state index is 0.0841. The lowest BCUT2D eigenvalue weighted by Gasteiger charge is -2.21. The lowest BCUT2D eigenvalue weighted by Crippen LogP contribution is -2.30. The molecule has 99 heavy (non-hydrogen) atoms. The summed E-state index contributed by atoms with van der Waals surface area (Å²) in [5, 5.41) is 10.6. The van der Waals surface area contributed by atoms with Crippen molar-refractivity contribution in [3.63, 3.8) is 0 Å². The molecule has 0 radical (unpaired) electrons. The molecule has 0 saturated carbocycles. The summed E-state index contributed by atoms with van der Waals surface area (Å²) in [4.78, 5) is 72.9. The third-order valence-electron chi connectivity index (χ3n) is 18.0. The van der Waals surface area contributed by atoms with E-state index in [2.05, 4.69) is 72.8 Å². The highest BCUT2D eigenvalue weighted by molar-refractivity contribution is 7.47. The number of phosphoric ester groups is 2. The van der Waals surface area contributed by atoms with Gasteiger partial charge in [0.1, 0.15) is 19.3 Å². The maximum Gasteiger partial charge on any atom is 0.472 e. The number of esters is 4. The number of unbranched alkanes of at least 4 members (excludes halogenated alkanes) is 41. The molecule has 0 aromatic rings. The Balaban J connectivity index is 5.24. The first kappa shape index (κ1) is 96.5. The minimum atomic E-state index is -4.97. The smallest absolute Gasteiger partial charge is 0.462 e. The van der Waals surface area contributed by atoms with Gasteiger partial charge < -0.3 is 33.8 Å². The van der Waals surface area contributed by atoms with E-state index in [-0.39, 0.29) is 25.7 Å². The fraction of sp³-hybridized carbons (Fsp3) is 0.900. The minimum Gasteiger partial charge on any atom is -0.462 e. The van der Waals surface area contributed by atoms with Crippen LogP contribution in [0.1, 0.15) is 389 Å². The normalized spacial score (nSPS) is 14.2. The second kappa shape index (κ2) is 69.9. The number of rotatable bonds is 76. The lowest BCUT2D eigenvalue weighted by atomic mass is 10.0. The molecule has 5 atom stereocenters. The maximum atomic E-state index is 13.1. The van der Waals surface area contributed by atoms with Crippen LogP contribution in [0, 0.1) is 17.8 Å². The number of carbonyl (C=O) groups excluding carboxylic acids is 4. The Morgan fingerprint density at radius 3 is 0.818 bits per heavy atom. The van der Waals surface area contributed by atoms with E-state index in [0.29, 0.717) is 31.6 Å². The molecule has 0 bridgehead atoms. The Labute approximate surface area is 605 Å². The van der Waals surface area contributed by atoms with E-state index in [1.54, 1.807) is 0 Å². The van der Waals surface area contributed by atoms with Crippen LogP contribution < -0.4 is 0 Å². The molecule has 0 aromatic carbocycles. The molecule has 3 unspecified atom stereocenters. The van der Waals surface area contributed by atoms with Crippen LogP contribution in [-0.2, 0) is 65.4 Å². The number of phosphoric acid groups is 2. The molecule has 0 aromatic heterocycles. The zero-order valence-corrected chi connectivity index (χ0v) is 66.2. The summed E-state index contributed by atoms with van der Waals surface area (Å²) in [6, 6.07) is 0. The zero-order valence-electron chi connectivity index (χ0n) is 64.4. The molecule has 0 amide bonds. The van der Waals surface area contributed by atoms with Crippen LogP contribution in [0.3, 0.4) is 0 Å². The first-order chi connectivity index (χ1) is 47.7. The van der Waals surface area contributed by atoms with Crippen LogP contribution >= 0.6 is 15.6 Å². The van der Waals surface area contributed by atoms with Gasteiger partial charge in [0.05, 0.1) is 26.4 Å². The first-order valence-corrected chi connectivity index (χ1v) is 43.7. The highest BCUT2D eigenvalue weighted by Gasteiger charge is 2.30. The molecule has 0 aliphatic heterocycles. The third kappa shape index (κ3) is 73.6. The summed E-state index contributed by atoms with van der Waals surface area (Å²) in [7, 11) is -9.93. The molecule has 0 fully saturated rings. The molecule has 0 spiro atoms. The summed E-state index contributed by atoms with van der Waals surface area (Å²) in [6.07, 6.45) is 60.6. The van der Waals surface area contributed by atoms with E-state index >= 15 is 0 Å². The largest absolute Gasteiger partial charge is 0.472 e. The molecule has 0 heterocycles. The van der Waals surface area contributed by atoms with Crippen LogP contribution in [0.2, 0.25) is 0 Å². The fourth-order valence-electron chi connectivity index (χ4n) is 11.8. The van der Waals surface area contributed by atoms with Gasteiger partial charge in [-0.25, -0.2) is 9.13 Å². The maximum absolute atomic E-state index is 13.1. The van der Waals surface area contributed by atoms with Crippen molar-refractivity contribution in [1.82, 2.24) is 0 Å². The van der Waals surface area contributed by atoms with Gasteiger partial charge in [-0.3, -0.25) is 37.3 Å². The SMILES string of the molecule is CCCCCC/C=C\C=C/CCCCCCCC(=O)O[C@H](COC(=O)CCCCCCCCCC(C)C)COP(=O)(O)OCC(O)COP(=O)(O)OC[C@@H](COC(=O)CCCCCCCCCCCCC(C)C)OC(=O)CCCCCCCCCCCCCCCCCCCCC(C)C. The highest BCUT2D eigenvalue weighted by Crippen LogP contribution is 2.45. The van der Waals surface area contributed by atoms with Crippen LogP contribution in [0.25, 0.3) is 0 Å². The quantitative estimate of drug-likeness (QED) is 0.0169. The van der Waals surface area contributed by atoms with Crippen LogP contribution in [0.4, 0.5) is 0 Å². The van der Waals surface area contributed by atoms with Crippen LogP contribution in [0.15, 0.2) is 24.3 Å². The first-order valence-electron chi connectivity index (χ1n) is 40.7. The van der Waals surface area contributed by atoms with Crippen LogP contribution in [0.5, 0.6) is 0 Å². The Bertz CT molecular complexity index is 2020.